The van der Waals surface area contributed by atoms with E-state index in [1.807, 2.05) is 4.40 Å². The lowest BCUT2D eigenvalue weighted by Gasteiger charge is -2.15. The zero-order valence-electron chi connectivity index (χ0n) is 16.4. The smallest absolute Gasteiger partial charge is 0.250 e. The summed E-state index contributed by atoms with van der Waals surface area (Å²) in [6.07, 6.45) is 3.47. The van der Waals surface area contributed by atoms with Crippen molar-refractivity contribution in [3.63, 3.8) is 0 Å². The third-order valence-electron chi connectivity index (χ3n) is 5.15. The van der Waals surface area contributed by atoms with Crippen LogP contribution in [0.25, 0.3) is 17.1 Å². The Morgan fingerprint density at radius 1 is 1.29 bits per heavy atom. The second-order valence-corrected chi connectivity index (χ2v) is 8.43. The molecule has 0 radical (unpaired) electrons. The summed E-state index contributed by atoms with van der Waals surface area (Å²) in [5.41, 5.74) is 2.33. The lowest BCUT2D eigenvalue weighted by atomic mass is 10.1. The summed E-state index contributed by atoms with van der Waals surface area (Å²) in [7, 11) is 0. The molecular formula is C20H19FN6O3S. The number of rotatable bonds is 5. The van der Waals surface area contributed by atoms with Gasteiger partial charge < -0.3 is 19.9 Å². The molecule has 4 heterocycles. The fourth-order valence-electron chi connectivity index (χ4n) is 3.57. The van der Waals surface area contributed by atoms with Gasteiger partial charge in [0.25, 0.3) is 5.89 Å². The minimum atomic E-state index is -0.849. The number of aliphatic hydroxyl groups is 2. The number of hydrogen-bond donors (Lipinski definition) is 3. The molecule has 0 amide bonds. The standard InChI is InChI=1S/C20H19FN6O3S/c1-10-25-26-20(30-10)12-3-2-11(6-13(12)21)7-23-18-19-24-8-14(27(19)5-4-22-18)17-16(29)15(28)9-31-17/h2-6,8,15-17,28-29H,7,9H2,1H3,(H,22,23)/t15-,16-,17+/m1/s1. The second kappa shape index (κ2) is 7.91. The molecule has 4 aromatic rings. The first kappa shape index (κ1) is 19.9. The van der Waals surface area contributed by atoms with Gasteiger partial charge in [-0.05, 0) is 17.7 Å². The molecule has 11 heteroatoms. The van der Waals surface area contributed by atoms with Gasteiger partial charge in [-0.25, -0.2) is 14.4 Å². The van der Waals surface area contributed by atoms with E-state index in [1.165, 1.54) is 17.8 Å². The van der Waals surface area contributed by atoms with Gasteiger partial charge in [-0.15, -0.1) is 22.0 Å². The Morgan fingerprint density at radius 2 is 2.16 bits per heavy atom. The third-order valence-corrected chi connectivity index (χ3v) is 6.56. The molecule has 0 spiro atoms. The number of anilines is 1. The van der Waals surface area contributed by atoms with Crippen LogP contribution in [-0.2, 0) is 6.54 Å². The normalized spacial score (nSPS) is 21.1. The molecule has 0 saturated carbocycles. The van der Waals surface area contributed by atoms with Gasteiger partial charge >= 0.3 is 0 Å². The van der Waals surface area contributed by atoms with Crippen molar-refractivity contribution in [2.24, 2.45) is 0 Å². The van der Waals surface area contributed by atoms with E-state index in [9.17, 15) is 14.6 Å². The summed E-state index contributed by atoms with van der Waals surface area (Å²) in [6, 6.07) is 4.78. The molecule has 160 valence electrons. The summed E-state index contributed by atoms with van der Waals surface area (Å²) in [5, 5.41) is 30.6. The molecule has 3 N–H and O–H groups in total. The highest BCUT2D eigenvalue weighted by atomic mass is 32.2. The van der Waals surface area contributed by atoms with E-state index >= 15 is 0 Å². The maximum atomic E-state index is 14.5. The Bertz CT molecular complexity index is 1240. The van der Waals surface area contributed by atoms with Crippen LogP contribution < -0.4 is 5.32 Å². The van der Waals surface area contributed by atoms with Crippen LogP contribution in [-0.4, -0.2) is 52.7 Å². The van der Waals surface area contributed by atoms with Crippen LogP contribution in [0, 0.1) is 12.7 Å². The predicted octanol–water partition coefficient (Wildman–Crippen LogP) is 2.35. The van der Waals surface area contributed by atoms with Crippen molar-refractivity contribution in [1.29, 1.82) is 0 Å². The summed E-state index contributed by atoms with van der Waals surface area (Å²) >= 11 is 1.49. The van der Waals surface area contributed by atoms with Crippen LogP contribution in [0.4, 0.5) is 10.2 Å². The Labute approximate surface area is 180 Å². The molecule has 0 unspecified atom stereocenters. The molecule has 1 aliphatic heterocycles. The van der Waals surface area contributed by atoms with Crippen LogP contribution in [0.5, 0.6) is 0 Å². The molecule has 1 saturated heterocycles. The first-order valence-corrected chi connectivity index (χ1v) is 10.7. The van der Waals surface area contributed by atoms with E-state index in [1.54, 1.807) is 37.6 Å². The van der Waals surface area contributed by atoms with Crippen molar-refractivity contribution in [2.45, 2.75) is 30.9 Å². The minimum absolute atomic E-state index is 0.142. The summed E-state index contributed by atoms with van der Waals surface area (Å²) in [5.74, 6) is 1.06. The van der Waals surface area contributed by atoms with Gasteiger partial charge in [0.2, 0.25) is 5.89 Å². The number of halogens is 1. The molecule has 3 aromatic heterocycles. The molecule has 1 aliphatic rings. The monoisotopic (exact) mass is 442 g/mol. The van der Waals surface area contributed by atoms with Crippen molar-refractivity contribution in [3.05, 3.63) is 59.8 Å². The number of nitrogens with zero attached hydrogens (tertiary/aromatic N) is 5. The Hall–Kier alpha value is -3.02. The van der Waals surface area contributed by atoms with Gasteiger partial charge in [0, 0.05) is 31.6 Å². The number of thioether (sulfide) groups is 1. The average Bonchev–Trinajstić information content (AvgIpc) is 3.46. The highest BCUT2D eigenvalue weighted by Crippen LogP contribution is 2.40. The zero-order valence-corrected chi connectivity index (χ0v) is 17.3. The van der Waals surface area contributed by atoms with Crippen LogP contribution in [0.15, 0.2) is 41.2 Å². The van der Waals surface area contributed by atoms with Gasteiger partial charge in [-0.3, -0.25) is 4.40 Å². The third kappa shape index (κ3) is 3.64. The van der Waals surface area contributed by atoms with E-state index in [4.69, 9.17) is 4.42 Å². The summed E-state index contributed by atoms with van der Waals surface area (Å²) < 4.78 is 21.7. The van der Waals surface area contributed by atoms with Crippen molar-refractivity contribution in [3.8, 4) is 11.5 Å². The maximum absolute atomic E-state index is 14.5. The van der Waals surface area contributed by atoms with Gasteiger partial charge in [-0.1, -0.05) is 6.07 Å². The Morgan fingerprint density at radius 3 is 2.87 bits per heavy atom. The lowest BCUT2D eigenvalue weighted by molar-refractivity contribution is 0.0411. The fourth-order valence-corrected chi connectivity index (χ4v) is 4.89. The van der Waals surface area contributed by atoms with E-state index in [0.717, 1.165) is 5.69 Å². The number of nitrogens with one attached hydrogen (secondary N) is 1. The molecule has 5 rings (SSSR count). The number of aromatic nitrogens is 5. The SMILES string of the molecule is Cc1nnc(-c2ccc(CNc3nccn4c([C@@H]5SC[C@@H](O)[C@H]5O)cnc34)cc2F)o1. The minimum Gasteiger partial charge on any atom is -0.421 e. The van der Waals surface area contributed by atoms with Gasteiger partial charge in [0.05, 0.1) is 34.9 Å². The quantitative estimate of drug-likeness (QED) is 0.427. The first-order chi connectivity index (χ1) is 15.0. The second-order valence-electron chi connectivity index (χ2n) is 7.26. The zero-order chi connectivity index (χ0) is 21.5. The average molecular weight is 442 g/mol. The van der Waals surface area contributed by atoms with E-state index < -0.39 is 18.0 Å². The molecule has 31 heavy (non-hydrogen) atoms. The molecule has 0 aliphatic carbocycles. The number of fused-ring (bicyclic) bond motifs is 1. The van der Waals surface area contributed by atoms with Gasteiger partial charge in [0.15, 0.2) is 11.5 Å². The van der Waals surface area contributed by atoms with Crippen LogP contribution >= 0.6 is 11.8 Å². The van der Waals surface area contributed by atoms with Crippen molar-refractivity contribution in [1.82, 2.24) is 24.6 Å². The van der Waals surface area contributed by atoms with E-state index in [2.05, 4.69) is 25.5 Å². The molecule has 9 nitrogen and oxygen atoms in total. The predicted molar refractivity (Wildman–Crippen MR) is 112 cm³/mol. The Balaban J connectivity index is 1.36. The van der Waals surface area contributed by atoms with E-state index in [-0.39, 0.29) is 16.7 Å². The van der Waals surface area contributed by atoms with Gasteiger partial charge in [0.1, 0.15) is 5.82 Å². The number of aliphatic hydroxyl groups excluding tert-OH is 2. The first-order valence-electron chi connectivity index (χ1n) is 9.63. The van der Waals surface area contributed by atoms with Crippen LogP contribution in [0.1, 0.15) is 22.4 Å². The van der Waals surface area contributed by atoms with Gasteiger partial charge in [-0.2, -0.15) is 0 Å². The summed E-state index contributed by atoms with van der Waals surface area (Å²) in [6.45, 7) is 1.98. The molecule has 0 bridgehead atoms. The topological polar surface area (TPSA) is 122 Å². The Kier molecular flexibility index (Phi) is 5.08. The maximum Gasteiger partial charge on any atom is 0.250 e. The van der Waals surface area contributed by atoms with Crippen molar-refractivity contribution < 1.29 is 19.0 Å². The molecule has 3 atom stereocenters. The molecule has 1 fully saturated rings. The summed E-state index contributed by atoms with van der Waals surface area (Å²) in [4.78, 5) is 8.78. The highest BCUT2D eigenvalue weighted by Gasteiger charge is 2.37. The van der Waals surface area contributed by atoms with Crippen LogP contribution in [0.2, 0.25) is 0 Å². The van der Waals surface area contributed by atoms with Crippen molar-refractivity contribution >= 4 is 23.2 Å². The van der Waals surface area contributed by atoms with Crippen LogP contribution in [0.3, 0.4) is 0 Å². The number of imidazole rings is 1. The molecular weight excluding hydrogens is 423 g/mol. The van der Waals surface area contributed by atoms with Crippen molar-refractivity contribution in [2.75, 3.05) is 11.1 Å². The van der Waals surface area contributed by atoms with E-state index in [0.29, 0.717) is 35.2 Å². The molecule has 1 aromatic carbocycles. The number of benzene rings is 1. The lowest BCUT2D eigenvalue weighted by Crippen LogP contribution is -2.25. The highest BCUT2D eigenvalue weighted by molar-refractivity contribution is 7.99. The fraction of sp³-hybridized carbons (Fsp3) is 0.300. The number of hydrogen-bond acceptors (Lipinski definition) is 9. The largest absolute Gasteiger partial charge is 0.421 e. The number of aryl methyl sites for hydroxylation is 1.